The molecule has 3 heterocycles. The second kappa shape index (κ2) is 10.9. The molecular weight excluding hydrogens is 522 g/mol. The highest BCUT2D eigenvalue weighted by molar-refractivity contribution is 5.95. The summed E-state index contributed by atoms with van der Waals surface area (Å²) in [7, 11) is 0. The molecule has 1 fully saturated rings. The molecule has 0 spiro atoms. The van der Waals surface area contributed by atoms with Crippen molar-refractivity contribution in [3.05, 3.63) is 84.2 Å². The van der Waals surface area contributed by atoms with Crippen molar-refractivity contribution < 1.29 is 24.5 Å². The molecule has 10 heteroatoms. The maximum Gasteiger partial charge on any atom is 0.317 e. The number of carboxylic acid groups (broad SMARTS) is 2. The SMILES string of the molecule is Nc1nccc2ccc(-c3ccc4nn([C@H]5CCN(CC(=O)O)C5)c(COc5ccccc5CC(=O)O)c4c3)cc12. The number of benzene rings is 3. The summed E-state index contributed by atoms with van der Waals surface area (Å²) in [5.41, 5.74) is 10.3. The molecule has 0 aliphatic carbocycles. The van der Waals surface area contributed by atoms with Crippen LogP contribution in [0.25, 0.3) is 32.8 Å². The number of pyridine rings is 1. The van der Waals surface area contributed by atoms with Crippen LogP contribution in [0.4, 0.5) is 5.82 Å². The third-order valence-corrected chi connectivity index (χ3v) is 7.56. The molecule has 1 aliphatic rings. The van der Waals surface area contributed by atoms with Gasteiger partial charge in [0.2, 0.25) is 0 Å². The average molecular weight is 552 g/mol. The number of aromatic nitrogens is 3. The van der Waals surface area contributed by atoms with Gasteiger partial charge in [0.15, 0.2) is 0 Å². The van der Waals surface area contributed by atoms with Gasteiger partial charge in [0, 0.05) is 35.6 Å². The van der Waals surface area contributed by atoms with E-state index in [0.717, 1.165) is 44.9 Å². The number of carboxylic acids is 2. The fourth-order valence-electron chi connectivity index (χ4n) is 5.60. The van der Waals surface area contributed by atoms with Gasteiger partial charge >= 0.3 is 11.9 Å². The zero-order valence-corrected chi connectivity index (χ0v) is 22.2. The number of nitrogens with two attached hydrogens (primary N) is 1. The molecule has 0 bridgehead atoms. The van der Waals surface area contributed by atoms with E-state index in [4.69, 9.17) is 15.6 Å². The fraction of sp³-hybridized carbons (Fsp3) is 0.226. The van der Waals surface area contributed by atoms with Gasteiger partial charge in [-0.05, 0) is 53.3 Å². The Hall–Kier alpha value is -4.96. The summed E-state index contributed by atoms with van der Waals surface area (Å²) in [6.45, 7) is 1.37. The molecule has 41 heavy (non-hydrogen) atoms. The van der Waals surface area contributed by atoms with Crippen molar-refractivity contribution in [2.45, 2.75) is 25.5 Å². The van der Waals surface area contributed by atoms with Crippen molar-refractivity contribution in [3.8, 4) is 16.9 Å². The molecule has 1 atom stereocenters. The number of para-hydroxylation sites is 1. The number of nitrogen functional groups attached to an aromatic ring is 1. The molecule has 0 amide bonds. The van der Waals surface area contributed by atoms with Gasteiger partial charge in [0.25, 0.3) is 0 Å². The minimum absolute atomic E-state index is 0.0181. The molecule has 4 N–H and O–H groups in total. The Bertz CT molecular complexity index is 1780. The summed E-state index contributed by atoms with van der Waals surface area (Å²) in [6.07, 6.45) is 2.31. The third kappa shape index (κ3) is 5.42. The molecule has 0 saturated carbocycles. The second-order valence-corrected chi connectivity index (χ2v) is 10.3. The van der Waals surface area contributed by atoms with Crippen LogP contribution in [-0.4, -0.2) is 61.5 Å². The van der Waals surface area contributed by atoms with E-state index in [0.29, 0.717) is 30.2 Å². The van der Waals surface area contributed by atoms with Gasteiger partial charge in [0.05, 0.1) is 30.2 Å². The van der Waals surface area contributed by atoms with E-state index in [2.05, 4.69) is 11.1 Å². The summed E-state index contributed by atoms with van der Waals surface area (Å²) >= 11 is 0. The summed E-state index contributed by atoms with van der Waals surface area (Å²) in [5, 5.41) is 26.4. The van der Waals surface area contributed by atoms with Gasteiger partial charge in [-0.15, -0.1) is 0 Å². The summed E-state index contributed by atoms with van der Waals surface area (Å²) in [4.78, 5) is 28.9. The Morgan fingerprint density at radius 3 is 2.56 bits per heavy atom. The number of hydrogen-bond acceptors (Lipinski definition) is 7. The van der Waals surface area contributed by atoms with Crippen LogP contribution in [0.15, 0.2) is 72.9 Å². The summed E-state index contributed by atoms with van der Waals surface area (Å²) < 4.78 is 8.20. The number of carbonyl (C=O) groups is 2. The van der Waals surface area contributed by atoms with Crippen molar-refractivity contribution in [3.63, 3.8) is 0 Å². The Morgan fingerprint density at radius 2 is 1.76 bits per heavy atom. The van der Waals surface area contributed by atoms with Crippen molar-refractivity contribution >= 4 is 39.4 Å². The number of nitrogens with zero attached hydrogens (tertiary/aromatic N) is 4. The highest BCUT2D eigenvalue weighted by Crippen LogP contribution is 2.33. The van der Waals surface area contributed by atoms with Gasteiger partial charge < -0.3 is 20.7 Å². The summed E-state index contributed by atoms with van der Waals surface area (Å²) in [6, 6.07) is 21.2. The Labute approximate surface area is 235 Å². The topological polar surface area (TPSA) is 144 Å². The molecule has 0 unspecified atom stereocenters. The van der Waals surface area contributed by atoms with E-state index in [1.54, 1.807) is 24.4 Å². The van der Waals surface area contributed by atoms with Gasteiger partial charge in [-0.1, -0.05) is 36.4 Å². The average Bonchev–Trinajstić information content (AvgIpc) is 3.56. The van der Waals surface area contributed by atoms with E-state index in [1.165, 1.54) is 0 Å². The predicted molar refractivity (Wildman–Crippen MR) is 155 cm³/mol. The van der Waals surface area contributed by atoms with E-state index in [9.17, 15) is 19.8 Å². The van der Waals surface area contributed by atoms with Crippen LogP contribution in [0.3, 0.4) is 0 Å². The third-order valence-electron chi connectivity index (χ3n) is 7.56. The van der Waals surface area contributed by atoms with Gasteiger partial charge in [0.1, 0.15) is 18.2 Å². The molecule has 1 aliphatic heterocycles. The van der Waals surface area contributed by atoms with Crippen LogP contribution in [0, 0.1) is 0 Å². The Kier molecular flexibility index (Phi) is 6.98. The van der Waals surface area contributed by atoms with E-state index < -0.39 is 11.9 Å². The van der Waals surface area contributed by atoms with Crippen molar-refractivity contribution in [1.29, 1.82) is 0 Å². The maximum absolute atomic E-state index is 11.4. The molecular formula is C31H29N5O5. The minimum atomic E-state index is -0.933. The fourth-order valence-corrected chi connectivity index (χ4v) is 5.60. The summed E-state index contributed by atoms with van der Waals surface area (Å²) in [5.74, 6) is -0.814. The molecule has 3 aromatic carbocycles. The first-order valence-electron chi connectivity index (χ1n) is 13.4. The highest BCUT2D eigenvalue weighted by atomic mass is 16.5. The van der Waals surface area contributed by atoms with Crippen LogP contribution < -0.4 is 10.5 Å². The quantitative estimate of drug-likeness (QED) is 0.243. The van der Waals surface area contributed by atoms with Crippen molar-refractivity contribution in [2.75, 3.05) is 25.4 Å². The standard InChI is InChI=1S/C31H29N5O5/c32-31-24-13-20(6-5-19(24)9-11-33-31)21-7-8-26-25(14-21)27(18-41-28-4-2-1-3-22(28)15-29(37)38)36(34-26)23-10-12-35(16-23)17-30(39)40/h1-9,11,13-14,23H,10,12,15-18H2,(H2,32,33)(H,37,38)(H,39,40)/t23-/m0/s1. The van der Waals surface area contributed by atoms with Crippen LogP contribution >= 0.6 is 0 Å². The number of hydrogen-bond donors (Lipinski definition) is 3. The lowest BCUT2D eigenvalue weighted by molar-refractivity contribution is -0.138. The molecule has 10 nitrogen and oxygen atoms in total. The number of fused-ring (bicyclic) bond motifs is 2. The largest absolute Gasteiger partial charge is 0.487 e. The van der Waals surface area contributed by atoms with Crippen LogP contribution in [0.5, 0.6) is 5.75 Å². The minimum Gasteiger partial charge on any atom is -0.487 e. The van der Waals surface area contributed by atoms with Crippen LogP contribution in [-0.2, 0) is 22.6 Å². The number of anilines is 1. The molecule has 1 saturated heterocycles. The first kappa shape index (κ1) is 26.3. The zero-order valence-electron chi connectivity index (χ0n) is 22.2. The molecule has 0 radical (unpaired) electrons. The number of ether oxygens (including phenoxy) is 1. The Balaban J connectivity index is 1.40. The number of aliphatic carboxylic acids is 2. The Morgan fingerprint density at radius 1 is 0.976 bits per heavy atom. The van der Waals surface area contributed by atoms with Gasteiger partial charge in [-0.3, -0.25) is 19.2 Å². The van der Waals surface area contributed by atoms with E-state index in [-0.39, 0.29) is 25.6 Å². The van der Waals surface area contributed by atoms with Crippen LogP contribution in [0.2, 0.25) is 0 Å². The second-order valence-electron chi connectivity index (χ2n) is 10.3. The predicted octanol–water partition coefficient (Wildman–Crippen LogP) is 4.37. The van der Waals surface area contributed by atoms with Crippen molar-refractivity contribution in [2.24, 2.45) is 0 Å². The first-order valence-corrected chi connectivity index (χ1v) is 13.4. The van der Waals surface area contributed by atoms with Crippen LogP contribution in [0.1, 0.15) is 23.7 Å². The van der Waals surface area contributed by atoms with Crippen molar-refractivity contribution in [1.82, 2.24) is 19.7 Å². The van der Waals surface area contributed by atoms with E-state index >= 15 is 0 Å². The number of likely N-dealkylation sites (tertiary alicyclic amines) is 1. The lowest BCUT2D eigenvalue weighted by Crippen LogP contribution is -2.28. The van der Waals surface area contributed by atoms with Gasteiger partial charge in [-0.25, -0.2) is 4.98 Å². The zero-order chi connectivity index (χ0) is 28.5. The highest BCUT2D eigenvalue weighted by Gasteiger charge is 2.29. The van der Waals surface area contributed by atoms with E-state index in [1.807, 2.05) is 52.0 Å². The lowest BCUT2D eigenvalue weighted by atomic mass is 10.00. The molecule has 2 aromatic heterocycles. The first-order chi connectivity index (χ1) is 19.9. The normalized spacial score (nSPS) is 15.5. The lowest BCUT2D eigenvalue weighted by Gasteiger charge is -2.17. The van der Waals surface area contributed by atoms with Gasteiger partial charge in [-0.2, -0.15) is 5.10 Å². The monoisotopic (exact) mass is 551 g/mol. The maximum atomic E-state index is 11.4. The molecule has 5 aromatic rings. The molecule has 6 rings (SSSR count). The number of rotatable bonds is 9. The molecule has 208 valence electrons. The smallest absolute Gasteiger partial charge is 0.317 e.